The van der Waals surface area contributed by atoms with E-state index >= 15 is 0 Å². The Hall–Kier alpha value is -3.42. The zero-order valence-electron chi connectivity index (χ0n) is 19.6. The second-order valence-corrected chi connectivity index (χ2v) is 8.84. The summed E-state index contributed by atoms with van der Waals surface area (Å²) in [6.07, 6.45) is -0.227. The molecule has 0 bridgehead atoms. The van der Waals surface area contributed by atoms with Crippen LogP contribution in [-0.2, 0) is 22.5 Å². The molecular formula is C25H32N2O6. The van der Waals surface area contributed by atoms with Crippen LogP contribution in [0.25, 0.3) is 0 Å². The van der Waals surface area contributed by atoms with Crippen molar-refractivity contribution in [2.75, 3.05) is 6.54 Å². The second-order valence-electron chi connectivity index (χ2n) is 8.84. The first-order valence-electron chi connectivity index (χ1n) is 11.1. The van der Waals surface area contributed by atoms with Crippen molar-refractivity contribution in [1.82, 2.24) is 10.6 Å². The molecule has 1 heterocycles. The van der Waals surface area contributed by atoms with E-state index < -0.39 is 24.1 Å². The van der Waals surface area contributed by atoms with Gasteiger partial charge >= 0.3 is 12.2 Å². The third-order valence-corrected chi connectivity index (χ3v) is 4.85. The first-order chi connectivity index (χ1) is 15.7. The van der Waals surface area contributed by atoms with Crippen LogP contribution < -0.4 is 20.1 Å². The number of rotatable bonds is 8. The molecule has 8 heteroatoms. The van der Waals surface area contributed by atoms with Crippen molar-refractivity contribution in [3.05, 3.63) is 59.7 Å². The van der Waals surface area contributed by atoms with Gasteiger partial charge < -0.3 is 29.6 Å². The van der Waals surface area contributed by atoms with Crippen LogP contribution in [0.3, 0.4) is 0 Å². The number of hydrogen-bond donors (Lipinski definition) is 2. The molecule has 0 saturated carbocycles. The average Bonchev–Trinajstić information content (AvgIpc) is 3.17. The van der Waals surface area contributed by atoms with Crippen LogP contribution in [0.2, 0.25) is 0 Å². The summed E-state index contributed by atoms with van der Waals surface area (Å²) < 4.78 is 22.1. The topological polar surface area (TPSA) is 95.1 Å². The lowest BCUT2D eigenvalue weighted by atomic mass is 10.0. The molecule has 1 aliphatic rings. The monoisotopic (exact) mass is 456 g/mol. The number of benzene rings is 2. The van der Waals surface area contributed by atoms with Crippen LogP contribution in [-0.4, -0.2) is 36.7 Å². The summed E-state index contributed by atoms with van der Waals surface area (Å²) in [5.41, 5.74) is 1.36. The fourth-order valence-electron chi connectivity index (χ4n) is 3.26. The standard InChI is InChI=1S/C25H32N2O6/c1-5-19(27-24(29)33-25(2,3)4)13-18-11-12-20-21(14-18)32-22(31-20)15-26-23(28)30-16-17-9-7-6-8-10-17/h6-12,14,19,22H,5,13,15-16H2,1-4H3,(H,26,28)(H,27,29). The zero-order valence-corrected chi connectivity index (χ0v) is 19.6. The molecule has 0 radical (unpaired) electrons. The van der Waals surface area contributed by atoms with Crippen LogP contribution in [0.4, 0.5) is 9.59 Å². The molecule has 2 N–H and O–H groups in total. The van der Waals surface area contributed by atoms with Crippen molar-refractivity contribution < 1.29 is 28.5 Å². The van der Waals surface area contributed by atoms with E-state index in [0.717, 1.165) is 17.5 Å². The van der Waals surface area contributed by atoms with Gasteiger partial charge in [-0.05, 0) is 56.9 Å². The molecule has 0 aromatic heterocycles. The summed E-state index contributed by atoms with van der Waals surface area (Å²) in [5, 5.41) is 5.56. The van der Waals surface area contributed by atoms with Gasteiger partial charge in [-0.3, -0.25) is 0 Å². The lowest BCUT2D eigenvalue weighted by Crippen LogP contribution is -2.39. The Labute approximate surface area is 194 Å². The molecule has 0 aliphatic carbocycles. The van der Waals surface area contributed by atoms with E-state index in [2.05, 4.69) is 10.6 Å². The molecule has 2 aromatic rings. The maximum atomic E-state index is 12.1. The van der Waals surface area contributed by atoms with E-state index in [1.54, 1.807) is 0 Å². The van der Waals surface area contributed by atoms with Crippen molar-refractivity contribution >= 4 is 12.2 Å². The lowest BCUT2D eigenvalue weighted by molar-refractivity contribution is 0.0469. The Morgan fingerprint density at radius 2 is 1.73 bits per heavy atom. The van der Waals surface area contributed by atoms with E-state index in [9.17, 15) is 9.59 Å². The highest BCUT2D eigenvalue weighted by atomic mass is 16.7. The number of amides is 2. The molecule has 0 fully saturated rings. The summed E-state index contributed by atoms with van der Waals surface area (Å²) >= 11 is 0. The molecule has 33 heavy (non-hydrogen) atoms. The SMILES string of the molecule is CCC(Cc1ccc2c(c1)OC(CNC(=O)OCc1ccccc1)O2)NC(=O)OC(C)(C)C. The van der Waals surface area contributed by atoms with Gasteiger partial charge in [0, 0.05) is 6.04 Å². The minimum atomic E-state index is -0.638. The van der Waals surface area contributed by atoms with Crippen molar-refractivity contribution in [2.24, 2.45) is 0 Å². The van der Waals surface area contributed by atoms with Crippen LogP contribution in [0.1, 0.15) is 45.2 Å². The largest absolute Gasteiger partial charge is 0.449 e. The van der Waals surface area contributed by atoms with Gasteiger partial charge in [0.1, 0.15) is 12.2 Å². The molecule has 0 spiro atoms. The third kappa shape index (κ3) is 7.89. The van der Waals surface area contributed by atoms with E-state index in [-0.39, 0.29) is 19.2 Å². The smallest absolute Gasteiger partial charge is 0.407 e. The summed E-state index contributed by atoms with van der Waals surface area (Å²) in [7, 11) is 0. The molecule has 2 amide bonds. The quantitative estimate of drug-likeness (QED) is 0.605. The number of carbonyl (C=O) groups excluding carboxylic acids is 2. The van der Waals surface area contributed by atoms with Gasteiger partial charge in [0.25, 0.3) is 6.29 Å². The maximum absolute atomic E-state index is 12.1. The van der Waals surface area contributed by atoms with E-state index in [1.807, 2.05) is 76.2 Å². The van der Waals surface area contributed by atoms with E-state index in [4.69, 9.17) is 18.9 Å². The normalized spacial score (nSPS) is 15.5. The van der Waals surface area contributed by atoms with Crippen molar-refractivity contribution in [3.8, 4) is 11.5 Å². The van der Waals surface area contributed by atoms with Gasteiger partial charge in [0.15, 0.2) is 11.5 Å². The van der Waals surface area contributed by atoms with Crippen LogP contribution >= 0.6 is 0 Å². The Morgan fingerprint density at radius 3 is 2.42 bits per heavy atom. The van der Waals surface area contributed by atoms with E-state index in [0.29, 0.717) is 17.9 Å². The highest BCUT2D eigenvalue weighted by Gasteiger charge is 2.26. The number of fused-ring (bicyclic) bond motifs is 1. The van der Waals surface area contributed by atoms with Gasteiger partial charge in [0.2, 0.25) is 0 Å². The summed E-state index contributed by atoms with van der Waals surface area (Å²) in [5.74, 6) is 1.21. The zero-order chi connectivity index (χ0) is 23.8. The number of nitrogens with one attached hydrogen (secondary N) is 2. The minimum absolute atomic E-state index is 0.0722. The fourth-order valence-corrected chi connectivity index (χ4v) is 3.26. The lowest BCUT2D eigenvalue weighted by Gasteiger charge is -2.23. The molecule has 2 atom stereocenters. The van der Waals surface area contributed by atoms with Crippen molar-refractivity contribution in [2.45, 2.75) is 65.1 Å². The van der Waals surface area contributed by atoms with Gasteiger partial charge in [-0.25, -0.2) is 9.59 Å². The van der Waals surface area contributed by atoms with Gasteiger partial charge in [-0.1, -0.05) is 43.3 Å². The Morgan fingerprint density at radius 1 is 1.00 bits per heavy atom. The molecule has 8 nitrogen and oxygen atoms in total. The summed E-state index contributed by atoms with van der Waals surface area (Å²) in [4.78, 5) is 24.0. The molecule has 2 unspecified atom stereocenters. The molecule has 2 aromatic carbocycles. The Balaban J connectivity index is 1.45. The van der Waals surface area contributed by atoms with Crippen molar-refractivity contribution in [1.29, 1.82) is 0 Å². The number of alkyl carbamates (subject to hydrolysis) is 2. The Bertz CT molecular complexity index is 942. The summed E-state index contributed by atoms with van der Waals surface area (Å²) in [6, 6.07) is 15.0. The molecule has 3 rings (SSSR count). The van der Waals surface area contributed by atoms with Gasteiger partial charge in [0.05, 0.1) is 6.54 Å². The molecular weight excluding hydrogens is 424 g/mol. The predicted octanol–water partition coefficient (Wildman–Crippen LogP) is 4.56. The average molecular weight is 457 g/mol. The van der Waals surface area contributed by atoms with Gasteiger partial charge in [-0.15, -0.1) is 0 Å². The molecule has 1 aliphatic heterocycles. The number of ether oxygens (including phenoxy) is 4. The maximum Gasteiger partial charge on any atom is 0.407 e. The predicted molar refractivity (Wildman–Crippen MR) is 123 cm³/mol. The van der Waals surface area contributed by atoms with E-state index in [1.165, 1.54) is 0 Å². The van der Waals surface area contributed by atoms with Crippen LogP contribution in [0.5, 0.6) is 11.5 Å². The Kier molecular flexibility index (Phi) is 8.03. The summed E-state index contributed by atoms with van der Waals surface area (Å²) in [6.45, 7) is 7.85. The molecule has 0 saturated heterocycles. The number of hydrogen-bond acceptors (Lipinski definition) is 6. The minimum Gasteiger partial charge on any atom is -0.449 e. The third-order valence-electron chi connectivity index (χ3n) is 4.85. The fraction of sp³-hybridized carbons (Fsp3) is 0.440. The second kappa shape index (κ2) is 10.9. The first-order valence-corrected chi connectivity index (χ1v) is 11.1. The molecule has 178 valence electrons. The highest BCUT2D eigenvalue weighted by molar-refractivity contribution is 5.68. The highest BCUT2D eigenvalue weighted by Crippen LogP contribution is 2.35. The van der Waals surface area contributed by atoms with Crippen LogP contribution in [0.15, 0.2) is 48.5 Å². The van der Waals surface area contributed by atoms with Crippen LogP contribution in [0, 0.1) is 0 Å². The first kappa shape index (κ1) is 24.2. The van der Waals surface area contributed by atoms with Crippen molar-refractivity contribution in [3.63, 3.8) is 0 Å². The van der Waals surface area contributed by atoms with Gasteiger partial charge in [-0.2, -0.15) is 0 Å². The number of carbonyl (C=O) groups is 2.